The molecule has 2 aromatic rings. The van der Waals surface area contributed by atoms with E-state index >= 15 is 0 Å². The lowest BCUT2D eigenvalue weighted by Crippen LogP contribution is -2.04. The normalized spacial score (nSPS) is 10.9. The highest BCUT2D eigenvalue weighted by atomic mass is 16.6. The number of benzene rings is 1. The Morgan fingerprint density at radius 3 is 2.54 bits per heavy atom. The van der Waals surface area contributed by atoms with Crippen LogP contribution in [0.2, 0.25) is 0 Å². The Kier molecular flexibility index (Phi) is 7.63. The third kappa shape index (κ3) is 4.62. The second-order valence-corrected chi connectivity index (χ2v) is 6.35. The lowest BCUT2D eigenvalue weighted by atomic mass is 10.0. The number of non-ortho nitro benzene ring substituents is 1. The molecule has 0 amide bonds. The number of methoxy groups -OCH3 is 1. The van der Waals surface area contributed by atoms with Gasteiger partial charge in [-0.05, 0) is 24.5 Å². The van der Waals surface area contributed by atoms with Crippen molar-refractivity contribution in [2.24, 2.45) is 0 Å². The van der Waals surface area contributed by atoms with Crippen LogP contribution in [0.4, 0.5) is 5.69 Å². The minimum atomic E-state index is -0.422. The number of fused-ring (bicyclic) bond motifs is 1. The zero-order valence-electron chi connectivity index (χ0n) is 15.9. The summed E-state index contributed by atoms with van der Waals surface area (Å²) in [5.74, 6) is 0.949. The molecule has 2 rings (SSSR count). The number of nitro benzene ring substituents is 1. The monoisotopic (exact) mass is 360 g/mol. The first-order chi connectivity index (χ1) is 12.6. The highest BCUT2D eigenvalue weighted by Crippen LogP contribution is 2.42. The van der Waals surface area contributed by atoms with E-state index < -0.39 is 4.92 Å². The summed E-state index contributed by atoms with van der Waals surface area (Å²) in [5.41, 5.74) is 1.27. The molecule has 142 valence electrons. The van der Waals surface area contributed by atoms with E-state index in [1.807, 2.05) is 13.0 Å². The van der Waals surface area contributed by atoms with Crippen LogP contribution >= 0.6 is 0 Å². The summed E-state index contributed by atoms with van der Waals surface area (Å²) in [5, 5.41) is 12.1. The maximum Gasteiger partial charge on any atom is 0.299 e. The fourth-order valence-electron chi connectivity index (χ4n) is 3.12. The van der Waals surface area contributed by atoms with Gasteiger partial charge < -0.3 is 9.47 Å². The minimum Gasteiger partial charge on any atom is -0.493 e. The van der Waals surface area contributed by atoms with Gasteiger partial charge in [0.1, 0.15) is 0 Å². The predicted octanol–water partition coefficient (Wildman–Crippen LogP) is 5.45. The van der Waals surface area contributed by atoms with Crippen LogP contribution in [0.1, 0.15) is 57.9 Å². The van der Waals surface area contributed by atoms with Crippen LogP contribution in [0.3, 0.4) is 0 Å². The predicted molar refractivity (Wildman–Crippen MR) is 103 cm³/mol. The number of pyridine rings is 1. The SMILES string of the molecule is CCCCCCCCOc1c(OC)cc([N+](=O)[O-])c2nccc(CC)c12. The van der Waals surface area contributed by atoms with E-state index in [1.165, 1.54) is 38.9 Å². The van der Waals surface area contributed by atoms with Crippen molar-refractivity contribution in [3.05, 3.63) is 34.0 Å². The first kappa shape index (κ1) is 19.9. The Bertz CT molecular complexity index is 746. The number of nitro groups is 1. The molecule has 0 aliphatic rings. The van der Waals surface area contributed by atoms with E-state index in [2.05, 4.69) is 11.9 Å². The van der Waals surface area contributed by atoms with Gasteiger partial charge >= 0.3 is 0 Å². The van der Waals surface area contributed by atoms with Crippen molar-refractivity contribution in [2.75, 3.05) is 13.7 Å². The van der Waals surface area contributed by atoms with Crippen LogP contribution in [0, 0.1) is 10.1 Å². The molecule has 1 heterocycles. The quantitative estimate of drug-likeness (QED) is 0.302. The van der Waals surface area contributed by atoms with Gasteiger partial charge in [0.15, 0.2) is 17.0 Å². The first-order valence-electron chi connectivity index (χ1n) is 9.39. The molecule has 0 bridgehead atoms. The summed E-state index contributed by atoms with van der Waals surface area (Å²) in [6, 6.07) is 3.29. The number of nitrogens with zero attached hydrogens (tertiary/aromatic N) is 2. The summed E-state index contributed by atoms with van der Waals surface area (Å²) >= 11 is 0. The average molecular weight is 360 g/mol. The van der Waals surface area contributed by atoms with E-state index in [1.54, 1.807) is 6.20 Å². The van der Waals surface area contributed by atoms with Gasteiger partial charge in [0, 0.05) is 6.20 Å². The van der Waals surface area contributed by atoms with Crippen molar-refractivity contribution in [3.63, 3.8) is 0 Å². The molecule has 0 unspecified atom stereocenters. The molecular formula is C20H28N2O4. The number of aromatic nitrogens is 1. The van der Waals surface area contributed by atoms with E-state index in [-0.39, 0.29) is 5.69 Å². The van der Waals surface area contributed by atoms with Crippen LogP contribution in [0.15, 0.2) is 18.3 Å². The molecule has 6 heteroatoms. The molecule has 0 spiro atoms. The Labute approximate surface area is 154 Å². The summed E-state index contributed by atoms with van der Waals surface area (Å²) < 4.78 is 11.4. The van der Waals surface area contributed by atoms with Gasteiger partial charge in [0.2, 0.25) is 0 Å². The largest absolute Gasteiger partial charge is 0.493 e. The Morgan fingerprint density at radius 1 is 1.15 bits per heavy atom. The molecule has 0 N–H and O–H groups in total. The van der Waals surface area contributed by atoms with Gasteiger partial charge in [-0.1, -0.05) is 46.0 Å². The number of ether oxygens (including phenoxy) is 2. The van der Waals surface area contributed by atoms with Gasteiger partial charge in [-0.25, -0.2) is 4.98 Å². The summed E-state index contributed by atoms with van der Waals surface area (Å²) in [7, 11) is 1.50. The highest BCUT2D eigenvalue weighted by molar-refractivity contribution is 5.97. The van der Waals surface area contributed by atoms with Crippen LogP contribution in [-0.2, 0) is 6.42 Å². The first-order valence-corrected chi connectivity index (χ1v) is 9.39. The molecule has 0 radical (unpaired) electrons. The van der Waals surface area contributed by atoms with Crippen molar-refractivity contribution in [3.8, 4) is 11.5 Å². The number of aryl methyl sites for hydroxylation is 1. The van der Waals surface area contributed by atoms with Crippen LogP contribution < -0.4 is 9.47 Å². The van der Waals surface area contributed by atoms with Crippen molar-refractivity contribution in [1.29, 1.82) is 0 Å². The van der Waals surface area contributed by atoms with Gasteiger partial charge in [-0.2, -0.15) is 0 Å². The standard InChI is InChI=1S/C20H28N2O4/c1-4-6-7-8-9-10-13-26-20-17(25-3)14-16(22(23)24)19-18(20)15(5-2)11-12-21-19/h11-12,14H,4-10,13H2,1-3H3. The second-order valence-electron chi connectivity index (χ2n) is 6.35. The fourth-order valence-corrected chi connectivity index (χ4v) is 3.12. The molecule has 1 aromatic carbocycles. The summed E-state index contributed by atoms with van der Waals surface area (Å²) in [6.45, 7) is 4.78. The number of hydrogen-bond donors (Lipinski definition) is 0. The maximum atomic E-state index is 11.4. The number of unbranched alkanes of at least 4 members (excludes halogenated alkanes) is 5. The van der Waals surface area contributed by atoms with Crippen LogP contribution in [0.5, 0.6) is 11.5 Å². The van der Waals surface area contributed by atoms with E-state index in [9.17, 15) is 10.1 Å². The van der Waals surface area contributed by atoms with E-state index in [0.29, 0.717) is 29.0 Å². The Morgan fingerprint density at radius 2 is 1.88 bits per heavy atom. The zero-order chi connectivity index (χ0) is 18.9. The van der Waals surface area contributed by atoms with Gasteiger partial charge in [0.25, 0.3) is 5.69 Å². The van der Waals surface area contributed by atoms with Gasteiger partial charge in [0.05, 0.1) is 30.1 Å². The molecule has 26 heavy (non-hydrogen) atoms. The molecule has 0 aliphatic heterocycles. The van der Waals surface area contributed by atoms with Gasteiger partial charge in [-0.3, -0.25) is 10.1 Å². The molecule has 0 aliphatic carbocycles. The summed E-state index contributed by atoms with van der Waals surface area (Å²) in [6.07, 6.45) is 9.37. The number of hydrogen-bond acceptors (Lipinski definition) is 5. The molecule has 0 atom stereocenters. The Balaban J connectivity index is 2.29. The van der Waals surface area contributed by atoms with E-state index in [4.69, 9.17) is 9.47 Å². The minimum absolute atomic E-state index is 0.0564. The molecule has 0 saturated carbocycles. The van der Waals surface area contributed by atoms with Crippen molar-refractivity contribution < 1.29 is 14.4 Å². The molecule has 6 nitrogen and oxygen atoms in total. The molecular weight excluding hydrogens is 332 g/mol. The third-order valence-corrected chi connectivity index (χ3v) is 4.54. The van der Waals surface area contributed by atoms with Crippen molar-refractivity contribution in [1.82, 2.24) is 4.98 Å². The maximum absolute atomic E-state index is 11.4. The third-order valence-electron chi connectivity index (χ3n) is 4.54. The van der Waals surface area contributed by atoms with Gasteiger partial charge in [-0.15, -0.1) is 0 Å². The molecule has 1 aromatic heterocycles. The van der Waals surface area contributed by atoms with Crippen molar-refractivity contribution in [2.45, 2.75) is 58.8 Å². The fraction of sp³-hybridized carbons (Fsp3) is 0.550. The van der Waals surface area contributed by atoms with Crippen molar-refractivity contribution >= 4 is 16.6 Å². The lowest BCUT2D eigenvalue weighted by molar-refractivity contribution is -0.383. The lowest BCUT2D eigenvalue weighted by Gasteiger charge is -2.15. The van der Waals surface area contributed by atoms with Crippen LogP contribution in [0.25, 0.3) is 10.9 Å². The topological polar surface area (TPSA) is 74.5 Å². The molecule has 0 saturated heterocycles. The summed E-state index contributed by atoms with van der Waals surface area (Å²) in [4.78, 5) is 15.3. The highest BCUT2D eigenvalue weighted by Gasteiger charge is 2.23. The van der Waals surface area contributed by atoms with Crippen LogP contribution in [-0.4, -0.2) is 23.6 Å². The zero-order valence-corrected chi connectivity index (χ0v) is 15.9. The smallest absolute Gasteiger partial charge is 0.299 e. The number of rotatable bonds is 11. The second kappa shape index (κ2) is 9.94. The van der Waals surface area contributed by atoms with E-state index in [0.717, 1.165) is 24.8 Å². The Hall–Kier alpha value is -2.37. The average Bonchev–Trinajstić information content (AvgIpc) is 2.66. The molecule has 0 fully saturated rings.